The summed E-state index contributed by atoms with van der Waals surface area (Å²) in [5.74, 6) is 0.683. The van der Waals surface area contributed by atoms with E-state index in [0.29, 0.717) is 5.95 Å². The van der Waals surface area contributed by atoms with Gasteiger partial charge in [-0.1, -0.05) is 6.08 Å². The predicted molar refractivity (Wildman–Crippen MR) is 50.1 cm³/mol. The zero-order valence-corrected chi connectivity index (χ0v) is 7.25. The number of aromatic nitrogens is 2. The third-order valence-electron chi connectivity index (χ3n) is 1.41. The molecule has 0 saturated carbocycles. The van der Waals surface area contributed by atoms with Gasteiger partial charge in [-0.05, 0) is 18.9 Å². The Morgan fingerprint density at radius 2 is 2.17 bits per heavy atom. The summed E-state index contributed by atoms with van der Waals surface area (Å²) in [6.07, 6.45) is 6.38. The topological polar surface area (TPSA) is 37.8 Å². The zero-order valence-electron chi connectivity index (χ0n) is 7.25. The average Bonchev–Trinajstić information content (AvgIpc) is 2.09. The van der Waals surface area contributed by atoms with E-state index in [2.05, 4.69) is 21.9 Å². The van der Waals surface area contributed by atoms with Gasteiger partial charge in [0.25, 0.3) is 0 Å². The molecule has 0 saturated heterocycles. The lowest BCUT2D eigenvalue weighted by Crippen LogP contribution is -2.03. The Bertz CT molecular complexity index is 240. The van der Waals surface area contributed by atoms with E-state index in [4.69, 9.17) is 0 Å². The molecule has 64 valence electrons. The third-order valence-corrected chi connectivity index (χ3v) is 1.41. The Hall–Kier alpha value is -1.38. The van der Waals surface area contributed by atoms with E-state index in [-0.39, 0.29) is 0 Å². The molecule has 0 aliphatic rings. The van der Waals surface area contributed by atoms with Crippen LogP contribution in [0.25, 0.3) is 0 Å². The Balaban J connectivity index is 2.42. The van der Waals surface area contributed by atoms with E-state index < -0.39 is 0 Å². The first kappa shape index (κ1) is 8.71. The van der Waals surface area contributed by atoms with Crippen molar-refractivity contribution in [2.24, 2.45) is 0 Å². The SMILES string of the molecule is C=CCCNc1ncc(C)cn1. The van der Waals surface area contributed by atoms with Gasteiger partial charge in [0.1, 0.15) is 0 Å². The van der Waals surface area contributed by atoms with Crippen molar-refractivity contribution in [3.8, 4) is 0 Å². The van der Waals surface area contributed by atoms with Gasteiger partial charge in [0, 0.05) is 18.9 Å². The van der Waals surface area contributed by atoms with E-state index in [1.54, 1.807) is 12.4 Å². The fourth-order valence-electron chi connectivity index (χ4n) is 0.770. The maximum absolute atomic E-state index is 4.09. The second kappa shape index (κ2) is 4.49. The van der Waals surface area contributed by atoms with Crippen LogP contribution in [-0.4, -0.2) is 16.5 Å². The molecule has 0 amide bonds. The first-order valence-electron chi connectivity index (χ1n) is 3.96. The van der Waals surface area contributed by atoms with Crippen molar-refractivity contribution in [2.45, 2.75) is 13.3 Å². The largest absolute Gasteiger partial charge is 0.354 e. The lowest BCUT2D eigenvalue weighted by molar-refractivity contribution is 1.01. The minimum Gasteiger partial charge on any atom is -0.354 e. The highest BCUT2D eigenvalue weighted by molar-refractivity contribution is 5.23. The van der Waals surface area contributed by atoms with Crippen molar-refractivity contribution in [2.75, 3.05) is 11.9 Å². The minimum atomic E-state index is 0.683. The van der Waals surface area contributed by atoms with Gasteiger partial charge >= 0.3 is 0 Å². The first-order valence-corrected chi connectivity index (χ1v) is 3.96. The van der Waals surface area contributed by atoms with Gasteiger partial charge in [-0.3, -0.25) is 0 Å². The van der Waals surface area contributed by atoms with Crippen molar-refractivity contribution >= 4 is 5.95 Å². The third kappa shape index (κ3) is 2.70. The first-order chi connectivity index (χ1) is 5.83. The summed E-state index contributed by atoms with van der Waals surface area (Å²) in [7, 11) is 0. The molecule has 0 aliphatic carbocycles. The number of aryl methyl sites for hydroxylation is 1. The van der Waals surface area contributed by atoms with Crippen LogP contribution in [0, 0.1) is 6.92 Å². The molecular formula is C9H13N3. The highest BCUT2D eigenvalue weighted by Crippen LogP contribution is 1.97. The molecule has 0 atom stereocenters. The monoisotopic (exact) mass is 163 g/mol. The van der Waals surface area contributed by atoms with E-state index >= 15 is 0 Å². The van der Waals surface area contributed by atoms with Crippen molar-refractivity contribution in [3.63, 3.8) is 0 Å². The van der Waals surface area contributed by atoms with Crippen LogP contribution in [0.2, 0.25) is 0 Å². The molecule has 0 spiro atoms. The number of hydrogen-bond acceptors (Lipinski definition) is 3. The lowest BCUT2D eigenvalue weighted by Gasteiger charge is -2.01. The number of nitrogens with zero attached hydrogens (tertiary/aromatic N) is 2. The molecule has 0 aromatic carbocycles. The quantitative estimate of drug-likeness (QED) is 0.543. The summed E-state index contributed by atoms with van der Waals surface area (Å²) in [5, 5.41) is 3.08. The van der Waals surface area contributed by atoms with Crippen LogP contribution < -0.4 is 5.32 Å². The molecule has 1 aromatic heterocycles. The molecule has 0 aliphatic heterocycles. The smallest absolute Gasteiger partial charge is 0.222 e. The van der Waals surface area contributed by atoms with Crippen LogP contribution in [0.15, 0.2) is 25.0 Å². The van der Waals surface area contributed by atoms with Gasteiger partial charge in [0.05, 0.1) is 0 Å². The van der Waals surface area contributed by atoms with E-state index in [1.807, 2.05) is 13.0 Å². The summed E-state index contributed by atoms with van der Waals surface area (Å²) in [4.78, 5) is 8.19. The fourth-order valence-corrected chi connectivity index (χ4v) is 0.770. The van der Waals surface area contributed by atoms with E-state index in [0.717, 1.165) is 18.5 Å². The van der Waals surface area contributed by atoms with Crippen LogP contribution in [0.4, 0.5) is 5.95 Å². The standard InChI is InChI=1S/C9H13N3/c1-3-4-5-10-9-11-6-8(2)7-12-9/h3,6-7H,1,4-5H2,2H3,(H,10,11,12). The summed E-state index contributed by atoms with van der Waals surface area (Å²) < 4.78 is 0. The highest BCUT2D eigenvalue weighted by atomic mass is 15.1. The van der Waals surface area contributed by atoms with E-state index in [9.17, 15) is 0 Å². The molecule has 1 heterocycles. The molecule has 0 radical (unpaired) electrons. The summed E-state index contributed by atoms with van der Waals surface area (Å²) in [6.45, 7) is 6.43. The average molecular weight is 163 g/mol. The van der Waals surface area contributed by atoms with E-state index in [1.165, 1.54) is 0 Å². The van der Waals surface area contributed by atoms with Gasteiger partial charge in [-0.15, -0.1) is 6.58 Å². The van der Waals surface area contributed by atoms with Gasteiger partial charge < -0.3 is 5.32 Å². The van der Waals surface area contributed by atoms with Crippen molar-refractivity contribution in [3.05, 3.63) is 30.6 Å². The Morgan fingerprint density at radius 1 is 1.50 bits per heavy atom. The lowest BCUT2D eigenvalue weighted by atomic mass is 10.4. The zero-order chi connectivity index (χ0) is 8.81. The molecule has 12 heavy (non-hydrogen) atoms. The van der Waals surface area contributed by atoms with Crippen LogP contribution in [0.1, 0.15) is 12.0 Å². The summed E-state index contributed by atoms with van der Waals surface area (Å²) in [5.41, 5.74) is 1.07. The summed E-state index contributed by atoms with van der Waals surface area (Å²) >= 11 is 0. The number of nitrogens with one attached hydrogen (secondary N) is 1. The van der Waals surface area contributed by atoms with Crippen molar-refractivity contribution < 1.29 is 0 Å². The van der Waals surface area contributed by atoms with Crippen LogP contribution in [0.3, 0.4) is 0 Å². The predicted octanol–water partition coefficient (Wildman–Crippen LogP) is 1.77. The number of rotatable bonds is 4. The molecule has 0 fully saturated rings. The number of hydrogen-bond donors (Lipinski definition) is 1. The van der Waals surface area contributed by atoms with Gasteiger partial charge in [-0.25, -0.2) is 9.97 Å². The van der Waals surface area contributed by atoms with Crippen LogP contribution >= 0.6 is 0 Å². The molecule has 3 nitrogen and oxygen atoms in total. The molecule has 1 rings (SSSR count). The van der Waals surface area contributed by atoms with Gasteiger partial charge in [0.15, 0.2) is 0 Å². The van der Waals surface area contributed by atoms with Crippen LogP contribution in [0.5, 0.6) is 0 Å². The Kier molecular flexibility index (Phi) is 3.26. The Morgan fingerprint density at radius 3 is 2.75 bits per heavy atom. The molecule has 0 bridgehead atoms. The maximum atomic E-state index is 4.09. The van der Waals surface area contributed by atoms with Gasteiger partial charge in [-0.2, -0.15) is 0 Å². The van der Waals surface area contributed by atoms with Crippen LogP contribution in [-0.2, 0) is 0 Å². The number of anilines is 1. The molecule has 3 heteroatoms. The Labute approximate surface area is 72.6 Å². The summed E-state index contributed by atoms with van der Waals surface area (Å²) in [6, 6.07) is 0. The second-order valence-electron chi connectivity index (χ2n) is 2.59. The fraction of sp³-hybridized carbons (Fsp3) is 0.333. The molecule has 1 aromatic rings. The maximum Gasteiger partial charge on any atom is 0.222 e. The van der Waals surface area contributed by atoms with Crippen molar-refractivity contribution in [1.29, 1.82) is 0 Å². The molecule has 0 unspecified atom stereocenters. The highest BCUT2D eigenvalue weighted by Gasteiger charge is 1.91. The normalized spacial score (nSPS) is 9.42. The minimum absolute atomic E-state index is 0.683. The van der Waals surface area contributed by atoms with Crippen molar-refractivity contribution in [1.82, 2.24) is 9.97 Å². The molecule has 1 N–H and O–H groups in total. The second-order valence-corrected chi connectivity index (χ2v) is 2.59. The van der Waals surface area contributed by atoms with Gasteiger partial charge in [0.2, 0.25) is 5.95 Å². The molecular weight excluding hydrogens is 150 g/mol.